The predicted octanol–water partition coefficient (Wildman–Crippen LogP) is 1.34. The zero-order chi connectivity index (χ0) is 14.5. The van der Waals surface area contributed by atoms with Crippen LogP contribution in [0.3, 0.4) is 0 Å². The number of rotatable bonds is 4. The van der Waals surface area contributed by atoms with Crippen molar-refractivity contribution in [2.75, 3.05) is 5.32 Å². The van der Waals surface area contributed by atoms with Crippen molar-refractivity contribution in [3.8, 4) is 5.75 Å². The van der Waals surface area contributed by atoms with Crippen molar-refractivity contribution in [2.45, 2.75) is 12.5 Å². The predicted molar refractivity (Wildman–Crippen MR) is 75.5 cm³/mol. The fourth-order valence-electron chi connectivity index (χ4n) is 1.60. The van der Waals surface area contributed by atoms with Crippen LogP contribution in [0.1, 0.15) is 5.56 Å². The Morgan fingerprint density at radius 1 is 1.35 bits per heavy atom. The number of aromatic nitrogens is 2. The number of nitrogens with two attached hydrogens (primary N) is 1. The number of amides is 1. The minimum absolute atomic E-state index is 0.169. The van der Waals surface area contributed by atoms with Gasteiger partial charge in [0, 0.05) is 6.07 Å². The van der Waals surface area contributed by atoms with Crippen molar-refractivity contribution in [2.24, 2.45) is 5.73 Å². The number of nitrogens with zero attached hydrogens (tertiary/aromatic N) is 2. The first-order valence-corrected chi connectivity index (χ1v) is 6.24. The van der Waals surface area contributed by atoms with Crippen molar-refractivity contribution in [3.63, 3.8) is 0 Å². The molecule has 0 aliphatic heterocycles. The van der Waals surface area contributed by atoms with Crippen LogP contribution in [0.25, 0.3) is 0 Å². The first-order valence-electron chi connectivity index (χ1n) is 5.86. The van der Waals surface area contributed by atoms with E-state index in [1.165, 1.54) is 12.4 Å². The van der Waals surface area contributed by atoms with Crippen LogP contribution < -0.4 is 11.1 Å². The second-order valence-corrected chi connectivity index (χ2v) is 4.58. The van der Waals surface area contributed by atoms with E-state index in [2.05, 4.69) is 15.3 Å². The molecule has 0 radical (unpaired) electrons. The van der Waals surface area contributed by atoms with Crippen LogP contribution in [0, 0.1) is 0 Å². The summed E-state index contributed by atoms with van der Waals surface area (Å²) in [6.07, 6.45) is 1.61. The van der Waals surface area contributed by atoms with E-state index in [9.17, 15) is 9.90 Å². The van der Waals surface area contributed by atoms with Crippen molar-refractivity contribution < 1.29 is 9.90 Å². The molecular formula is C13H13ClN4O2. The Bertz CT molecular complexity index is 604. The second-order valence-electron chi connectivity index (χ2n) is 4.19. The van der Waals surface area contributed by atoms with Gasteiger partial charge < -0.3 is 16.2 Å². The van der Waals surface area contributed by atoms with E-state index in [1.54, 1.807) is 24.3 Å². The highest BCUT2D eigenvalue weighted by atomic mass is 35.5. The van der Waals surface area contributed by atoms with Gasteiger partial charge >= 0.3 is 0 Å². The highest BCUT2D eigenvalue weighted by Gasteiger charge is 2.15. The van der Waals surface area contributed by atoms with Gasteiger partial charge in [-0.2, -0.15) is 0 Å². The number of anilines is 1. The van der Waals surface area contributed by atoms with E-state index >= 15 is 0 Å². The monoisotopic (exact) mass is 292 g/mol. The number of benzene rings is 1. The lowest BCUT2D eigenvalue weighted by atomic mass is 10.1. The zero-order valence-corrected chi connectivity index (χ0v) is 11.2. The lowest BCUT2D eigenvalue weighted by Crippen LogP contribution is -2.37. The van der Waals surface area contributed by atoms with Crippen molar-refractivity contribution in [1.82, 2.24) is 9.97 Å². The number of aromatic hydroxyl groups is 1. The van der Waals surface area contributed by atoms with E-state index in [0.717, 1.165) is 5.56 Å². The van der Waals surface area contributed by atoms with Gasteiger partial charge in [-0.1, -0.05) is 23.7 Å². The molecule has 6 nitrogen and oxygen atoms in total. The minimum atomic E-state index is -0.728. The molecular weight excluding hydrogens is 280 g/mol. The van der Waals surface area contributed by atoms with Gasteiger partial charge in [-0.15, -0.1) is 0 Å². The molecule has 0 fully saturated rings. The third kappa shape index (κ3) is 3.91. The zero-order valence-electron chi connectivity index (χ0n) is 10.5. The second kappa shape index (κ2) is 6.31. The molecule has 0 saturated heterocycles. The first kappa shape index (κ1) is 14.2. The number of nitrogens with one attached hydrogen (secondary N) is 1. The summed E-state index contributed by atoms with van der Waals surface area (Å²) in [6.45, 7) is 0. The Morgan fingerprint density at radius 3 is 2.70 bits per heavy atom. The van der Waals surface area contributed by atoms with Crippen LogP contribution >= 0.6 is 11.6 Å². The van der Waals surface area contributed by atoms with Crippen LogP contribution in [0.5, 0.6) is 5.75 Å². The normalized spacial score (nSPS) is 11.9. The van der Waals surface area contributed by atoms with Crippen LogP contribution in [0.4, 0.5) is 5.82 Å². The first-order chi connectivity index (χ1) is 9.54. The van der Waals surface area contributed by atoms with Crippen molar-refractivity contribution in [1.29, 1.82) is 0 Å². The molecule has 0 saturated carbocycles. The molecule has 0 bridgehead atoms. The molecule has 2 rings (SSSR count). The largest absolute Gasteiger partial charge is 0.508 e. The topological polar surface area (TPSA) is 101 Å². The highest BCUT2D eigenvalue weighted by molar-refractivity contribution is 6.29. The molecule has 1 aromatic carbocycles. The van der Waals surface area contributed by atoms with Gasteiger partial charge in [0.15, 0.2) is 0 Å². The fraction of sp³-hybridized carbons (Fsp3) is 0.154. The number of phenols is 1. The maximum atomic E-state index is 11.9. The summed E-state index contributed by atoms with van der Waals surface area (Å²) in [5.74, 6) is 0.103. The summed E-state index contributed by atoms with van der Waals surface area (Å²) >= 11 is 5.70. The maximum Gasteiger partial charge on any atom is 0.242 e. The van der Waals surface area contributed by atoms with Gasteiger partial charge in [0.25, 0.3) is 0 Å². The molecule has 7 heteroatoms. The molecule has 1 amide bonds. The van der Waals surface area contributed by atoms with E-state index in [0.29, 0.717) is 12.2 Å². The van der Waals surface area contributed by atoms with E-state index in [4.69, 9.17) is 17.3 Å². The summed E-state index contributed by atoms with van der Waals surface area (Å²) in [7, 11) is 0. The Balaban J connectivity index is 1.96. The Morgan fingerprint density at radius 2 is 2.05 bits per heavy atom. The van der Waals surface area contributed by atoms with Crippen molar-refractivity contribution >= 4 is 23.3 Å². The van der Waals surface area contributed by atoms with Gasteiger partial charge in [0.05, 0.1) is 6.04 Å². The number of phenolic OH excluding ortho intramolecular Hbond substituents is 1. The number of hydrogen-bond acceptors (Lipinski definition) is 5. The quantitative estimate of drug-likeness (QED) is 0.738. The smallest absolute Gasteiger partial charge is 0.242 e. The third-order valence-corrected chi connectivity index (χ3v) is 2.82. The third-order valence-electron chi connectivity index (χ3n) is 2.61. The summed E-state index contributed by atoms with van der Waals surface area (Å²) in [4.78, 5) is 19.5. The summed E-state index contributed by atoms with van der Waals surface area (Å²) in [6, 6.07) is 7.23. The molecule has 2 aromatic rings. The van der Waals surface area contributed by atoms with Gasteiger partial charge in [-0.3, -0.25) is 4.79 Å². The maximum absolute atomic E-state index is 11.9. The van der Waals surface area contributed by atoms with E-state index < -0.39 is 6.04 Å². The molecule has 20 heavy (non-hydrogen) atoms. The van der Waals surface area contributed by atoms with Gasteiger partial charge in [-0.25, -0.2) is 9.97 Å². The van der Waals surface area contributed by atoms with E-state index in [-0.39, 0.29) is 16.8 Å². The van der Waals surface area contributed by atoms with Gasteiger partial charge in [0.1, 0.15) is 23.0 Å². The molecule has 0 aliphatic rings. The van der Waals surface area contributed by atoms with Gasteiger partial charge in [0.2, 0.25) is 5.91 Å². The number of carbonyl (C=O) groups excluding carboxylic acids is 1. The Kier molecular flexibility index (Phi) is 4.49. The van der Waals surface area contributed by atoms with Crippen LogP contribution in [0.2, 0.25) is 5.15 Å². The van der Waals surface area contributed by atoms with E-state index in [1.807, 2.05) is 0 Å². The van der Waals surface area contributed by atoms with Crippen LogP contribution in [-0.2, 0) is 11.2 Å². The lowest BCUT2D eigenvalue weighted by molar-refractivity contribution is -0.117. The van der Waals surface area contributed by atoms with Crippen molar-refractivity contribution in [3.05, 3.63) is 47.4 Å². The molecule has 104 valence electrons. The van der Waals surface area contributed by atoms with Crippen LogP contribution in [-0.4, -0.2) is 27.0 Å². The highest BCUT2D eigenvalue weighted by Crippen LogP contribution is 2.12. The molecule has 1 heterocycles. The molecule has 4 N–H and O–H groups in total. The minimum Gasteiger partial charge on any atom is -0.508 e. The number of carbonyl (C=O) groups is 1. The average molecular weight is 293 g/mol. The standard InChI is InChI=1S/C13H13ClN4O2/c14-11-6-12(17-7-16-11)18-13(20)10(15)5-8-1-3-9(19)4-2-8/h1-4,6-7,10,19H,5,15H2,(H,16,17,18,20). The Labute approximate surface area is 120 Å². The molecule has 1 aromatic heterocycles. The summed E-state index contributed by atoms with van der Waals surface area (Å²) in [5, 5.41) is 12.0. The fourth-order valence-corrected chi connectivity index (χ4v) is 1.75. The average Bonchev–Trinajstić information content (AvgIpc) is 2.41. The molecule has 1 atom stereocenters. The summed E-state index contributed by atoms with van der Waals surface area (Å²) in [5.41, 5.74) is 6.68. The summed E-state index contributed by atoms with van der Waals surface area (Å²) < 4.78 is 0. The number of halogens is 1. The molecule has 0 aliphatic carbocycles. The van der Waals surface area contributed by atoms with Gasteiger partial charge in [-0.05, 0) is 24.1 Å². The number of hydrogen-bond donors (Lipinski definition) is 3. The lowest BCUT2D eigenvalue weighted by Gasteiger charge is -2.11. The Hall–Kier alpha value is -2.18. The molecule has 1 unspecified atom stereocenters. The SMILES string of the molecule is NC(Cc1ccc(O)cc1)C(=O)Nc1cc(Cl)ncn1. The van der Waals surface area contributed by atoms with Crippen LogP contribution in [0.15, 0.2) is 36.7 Å². The molecule has 0 spiro atoms.